The highest BCUT2D eigenvalue weighted by molar-refractivity contribution is 9.10. The molecule has 1 amide bonds. The lowest BCUT2D eigenvalue weighted by atomic mass is 10.1. The summed E-state index contributed by atoms with van der Waals surface area (Å²) in [5.41, 5.74) is 1.08. The fourth-order valence-corrected chi connectivity index (χ4v) is 2.42. The number of rotatable bonds is 6. The van der Waals surface area contributed by atoms with Crippen LogP contribution in [0.3, 0.4) is 0 Å². The summed E-state index contributed by atoms with van der Waals surface area (Å²) in [5, 5.41) is 2.66. The molecule has 1 rings (SSSR count). The van der Waals surface area contributed by atoms with E-state index in [0.29, 0.717) is 6.42 Å². The van der Waals surface area contributed by atoms with Gasteiger partial charge in [0.05, 0.1) is 0 Å². The maximum Gasteiger partial charge on any atom is 0.236 e. The summed E-state index contributed by atoms with van der Waals surface area (Å²) in [6, 6.07) is 7.64. The van der Waals surface area contributed by atoms with Gasteiger partial charge in [-0.1, -0.05) is 28.1 Å². The number of carbonyl (C=O) groups excluding carboxylic acids is 1. The summed E-state index contributed by atoms with van der Waals surface area (Å²) in [4.78, 5) is 11.5. The summed E-state index contributed by atoms with van der Waals surface area (Å²) < 4.78 is 25.5. The van der Waals surface area contributed by atoms with Crippen molar-refractivity contribution in [2.75, 3.05) is 12.8 Å². The molecule has 1 atom stereocenters. The fourth-order valence-electron chi connectivity index (χ4n) is 1.59. The molecule has 2 N–H and O–H groups in total. The van der Waals surface area contributed by atoms with Gasteiger partial charge in [0, 0.05) is 10.5 Å². The molecule has 0 bridgehead atoms. The van der Waals surface area contributed by atoms with Crippen molar-refractivity contribution in [3.05, 3.63) is 34.3 Å². The number of carbonyl (C=O) groups is 1. The molecule has 7 heteroatoms. The van der Waals surface area contributed by atoms with E-state index >= 15 is 0 Å². The molecule has 0 unspecified atom stereocenters. The van der Waals surface area contributed by atoms with Crippen molar-refractivity contribution in [3.63, 3.8) is 0 Å². The highest BCUT2D eigenvalue weighted by Crippen LogP contribution is 2.11. The normalized spacial score (nSPS) is 13.0. The van der Waals surface area contributed by atoms with Crippen molar-refractivity contribution >= 4 is 31.9 Å². The Morgan fingerprint density at radius 1 is 1.32 bits per heavy atom. The van der Waals surface area contributed by atoms with Crippen LogP contribution < -0.4 is 10.0 Å². The number of hydrogen-bond acceptors (Lipinski definition) is 3. The molecule has 5 nitrogen and oxygen atoms in total. The molecule has 106 valence electrons. The number of sulfonamides is 1. The van der Waals surface area contributed by atoms with Gasteiger partial charge in [0.25, 0.3) is 0 Å². The van der Waals surface area contributed by atoms with E-state index in [0.717, 1.165) is 10.0 Å². The third kappa shape index (κ3) is 6.17. The Hall–Kier alpha value is -0.920. The van der Waals surface area contributed by atoms with E-state index in [2.05, 4.69) is 26.0 Å². The topological polar surface area (TPSA) is 75.3 Å². The Morgan fingerprint density at radius 3 is 2.42 bits per heavy atom. The summed E-state index contributed by atoms with van der Waals surface area (Å²) >= 11 is 3.35. The molecule has 0 radical (unpaired) electrons. The second-order valence-corrected chi connectivity index (χ2v) is 7.10. The van der Waals surface area contributed by atoms with Crippen LogP contribution in [0.1, 0.15) is 12.5 Å². The van der Waals surface area contributed by atoms with Crippen molar-refractivity contribution in [1.82, 2.24) is 10.0 Å². The summed E-state index contributed by atoms with van der Waals surface area (Å²) in [6.45, 7) is 1.84. The fraction of sp³-hybridized carbons (Fsp3) is 0.417. The van der Waals surface area contributed by atoms with Gasteiger partial charge < -0.3 is 5.32 Å². The van der Waals surface area contributed by atoms with E-state index < -0.39 is 21.7 Å². The summed E-state index contributed by atoms with van der Waals surface area (Å²) in [7, 11) is -2.23. The Labute approximate surface area is 122 Å². The van der Waals surface area contributed by atoms with E-state index in [-0.39, 0.29) is 6.04 Å². The number of amides is 1. The molecule has 19 heavy (non-hydrogen) atoms. The second-order valence-electron chi connectivity index (χ2n) is 4.26. The number of nitrogens with one attached hydrogen (secondary N) is 2. The molecule has 0 aromatic heterocycles. The van der Waals surface area contributed by atoms with Crippen LogP contribution in [-0.4, -0.2) is 33.2 Å². The molecule has 0 saturated carbocycles. The van der Waals surface area contributed by atoms with Crippen LogP contribution in [0.5, 0.6) is 0 Å². The van der Waals surface area contributed by atoms with Crippen LogP contribution in [0.2, 0.25) is 0 Å². The van der Waals surface area contributed by atoms with E-state index in [1.165, 1.54) is 7.05 Å². The van der Waals surface area contributed by atoms with Gasteiger partial charge in [-0.15, -0.1) is 0 Å². The maximum atomic E-state index is 11.5. The van der Waals surface area contributed by atoms with Crippen LogP contribution in [0.15, 0.2) is 28.7 Å². The van der Waals surface area contributed by atoms with Gasteiger partial charge in [0.2, 0.25) is 15.9 Å². The van der Waals surface area contributed by atoms with E-state index in [9.17, 15) is 13.2 Å². The van der Waals surface area contributed by atoms with Gasteiger partial charge in [-0.3, -0.25) is 4.79 Å². The Balaban J connectivity index is 2.49. The predicted molar refractivity (Wildman–Crippen MR) is 78.3 cm³/mol. The predicted octanol–water partition coefficient (Wildman–Crippen LogP) is 1.05. The quantitative estimate of drug-likeness (QED) is 0.806. The molecule has 1 aromatic rings. The zero-order valence-corrected chi connectivity index (χ0v) is 13.2. The molecule has 0 saturated heterocycles. The van der Waals surface area contributed by atoms with Gasteiger partial charge in [0.15, 0.2) is 0 Å². The maximum absolute atomic E-state index is 11.5. The second kappa shape index (κ2) is 7.02. The first-order valence-corrected chi connectivity index (χ1v) is 8.22. The van der Waals surface area contributed by atoms with Gasteiger partial charge >= 0.3 is 0 Å². The first-order valence-electron chi connectivity index (χ1n) is 5.77. The molecule has 1 aromatic carbocycles. The minimum atomic E-state index is -3.51. The highest BCUT2D eigenvalue weighted by Gasteiger charge is 2.16. The van der Waals surface area contributed by atoms with Crippen molar-refractivity contribution in [2.24, 2.45) is 0 Å². The average Bonchev–Trinajstić information content (AvgIpc) is 2.31. The first kappa shape index (κ1) is 16.1. The largest absolute Gasteiger partial charge is 0.352 e. The van der Waals surface area contributed by atoms with Crippen molar-refractivity contribution in [3.8, 4) is 0 Å². The first-order chi connectivity index (χ1) is 8.82. The standard InChI is InChI=1S/C12H17BrN2O3S/c1-9(7-10-3-5-11(13)6-4-10)15-12(16)8-19(17,18)14-2/h3-6,9,14H,7-8H2,1-2H3,(H,15,16)/t9-/m0/s1. The van der Waals surface area contributed by atoms with Crippen LogP contribution in [0.25, 0.3) is 0 Å². The Kier molecular flexibility index (Phi) is 5.96. The van der Waals surface area contributed by atoms with Crippen molar-refractivity contribution < 1.29 is 13.2 Å². The van der Waals surface area contributed by atoms with Crippen LogP contribution >= 0.6 is 15.9 Å². The minimum Gasteiger partial charge on any atom is -0.352 e. The Bertz CT molecular complexity index is 528. The number of benzene rings is 1. The lowest BCUT2D eigenvalue weighted by Gasteiger charge is -2.14. The average molecular weight is 349 g/mol. The van der Waals surface area contributed by atoms with Gasteiger partial charge in [0.1, 0.15) is 5.75 Å². The monoisotopic (exact) mass is 348 g/mol. The summed E-state index contributed by atoms with van der Waals surface area (Å²) in [6.07, 6.45) is 0.651. The van der Waals surface area contributed by atoms with Crippen molar-refractivity contribution in [2.45, 2.75) is 19.4 Å². The molecule has 0 aliphatic rings. The number of halogens is 1. The van der Waals surface area contributed by atoms with Crippen LogP contribution in [0, 0.1) is 0 Å². The lowest BCUT2D eigenvalue weighted by Crippen LogP contribution is -2.40. The van der Waals surface area contributed by atoms with Crippen LogP contribution in [-0.2, 0) is 21.2 Å². The van der Waals surface area contributed by atoms with Gasteiger partial charge in [-0.05, 0) is 38.1 Å². The smallest absolute Gasteiger partial charge is 0.236 e. The molecule has 0 heterocycles. The molecule has 0 spiro atoms. The molecule has 0 aliphatic carbocycles. The molecule has 0 aliphatic heterocycles. The lowest BCUT2D eigenvalue weighted by molar-refractivity contribution is -0.119. The SMILES string of the molecule is CNS(=O)(=O)CC(=O)N[C@@H](C)Cc1ccc(Br)cc1. The molecular formula is C12H17BrN2O3S. The van der Waals surface area contributed by atoms with E-state index in [1.54, 1.807) is 0 Å². The van der Waals surface area contributed by atoms with E-state index in [4.69, 9.17) is 0 Å². The number of hydrogen-bond donors (Lipinski definition) is 2. The zero-order valence-electron chi connectivity index (χ0n) is 10.8. The molecular weight excluding hydrogens is 332 g/mol. The molecule has 0 fully saturated rings. The third-order valence-corrected chi connectivity index (χ3v) is 4.29. The highest BCUT2D eigenvalue weighted by atomic mass is 79.9. The summed E-state index contributed by atoms with van der Waals surface area (Å²) in [5.74, 6) is -1.05. The van der Waals surface area contributed by atoms with Gasteiger partial charge in [-0.2, -0.15) is 0 Å². The van der Waals surface area contributed by atoms with Crippen LogP contribution in [0.4, 0.5) is 0 Å². The minimum absolute atomic E-state index is 0.124. The van der Waals surface area contributed by atoms with Crippen molar-refractivity contribution in [1.29, 1.82) is 0 Å². The van der Waals surface area contributed by atoms with Gasteiger partial charge in [-0.25, -0.2) is 13.1 Å². The zero-order chi connectivity index (χ0) is 14.5. The third-order valence-electron chi connectivity index (χ3n) is 2.49. The Morgan fingerprint density at radius 2 is 1.89 bits per heavy atom. The van der Waals surface area contributed by atoms with E-state index in [1.807, 2.05) is 31.2 Å².